The summed E-state index contributed by atoms with van der Waals surface area (Å²) in [6.07, 6.45) is 14.1. The molecule has 0 aromatic heterocycles. The summed E-state index contributed by atoms with van der Waals surface area (Å²) in [7, 11) is 0. The lowest BCUT2D eigenvalue weighted by atomic mass is 9.81. The average molecular weight is 319 g/mol. The molecule has 1 aliphatic carbocycles. The Balaban J connectivity index is 2.73. The number of fused-ring (bicyclic) bond motifs is 1. The summed E-state index contributed by atoms with van der Waals surface area (Å²) in [6.45, 7) is 9.18. The maximum absolute atomic E-state index is 6.67. The standard InChI is InChI=1S/C21H31Cl/c1-5-9-15-16(10-6-2)18(12-8-4)21-19(13-14-20(21)22)17(15)11-7-3/h13-14,20H,5-12H2,1-4H3. The third-order valence-electron chi connectivity index (χ3n) is 4.74. The molecule has 0 amide bonds. The Hall–Kier alpha value is -0.750. The molecule has 0 spiro atoms. The zero-order valence-electron chi connectivity index (χ0n) is 14.8. The second-order valence-corrected chi connectivity index (χ2v) is 6.97. The molecule has 0 saturated carbocycles. The molecule has 0 bridgehead atoms. The maximum Gasteiger partial charge on any atom is 0.0778 e. The first-order valence-electron chi connectivity index (χ1n) is 9.20. The van der Waals surface area contributed by atoms with Gasteiger partial charge in [0.25, 0.3) is 0 Å². The van der Waals surface area contributed by atoms with E-state index in [1.807, 2.05) is 0 Å². The lowest BCUT2D eigenvalue weighted by Gasteiger charge is -2.25. The zero-order valence-corrected chi connectivity index (χ0v) is 15.5. The molecule has 2 rings (SSSR count). The molecule has 122 valence electrons. The fourth-order valence-corrected chi connectivity index (χ4v) is 4.29. The van der Waals surface area contributed by atoms with Crippen molar-refractivity contribution in [3.63, 3.8) is 0 Å². The largest absolute Gasteiger partial charge is 0.113 e. The van der Waals surface area contributed by atoms with Gasteiger partial charge in [-0.15, -0.1) is 11.6 Å². The van der Waals surface area contributed by atoms with E-state index in [0.717, 1.165) is 0 Å². The molecule has 0 radical (unpaired) electrons. The molecule has 0 N–H and O–H groups in total. The third kappa shape index (κ3) is 3.27. The van der Waals surface area contributed by atoms with Gasteiger partial charge in [0.2, 0.25) is 0 Å². The van der Waals surface area contributed by atoms with Crippen molar-refractivity contribution in [2.75, 3.05) is 0 Å². The number of benzene rings is 1. The van der Waals surface area contributed by atoms with Gasteiger partial charge in [-0.2, -0.15) is 0 Å². The first kappa shape index (κ1) is 17.6. The second kappa shape index (κ2) is 8.20. The highest BCUT2D eigenvalue weighted by Crippen LogP contribution is 2.43. The van der Waals surface area contributed by atoms with E-state index in [0.29, 0.717) is 0 Å². The fraction of sp³-hybridized carbons (Fsp3) is 0.619. The van der Waals surface area contributed by atoms with Gasteiger partial charge in [-0.25, -0.2) is 0 Å². The van der Waals surface area contributed by atoms with Crippen LogP contribution in [0.25, 0.3) is 6.08 Å². The summed E-state index contributed by atoms with van der Waals surface area (Å²) in [5, 5.41) is 0.0819. The topological polar surface area (TPSA) is 0 Å². The summed E-state index contributed by atoms with van der Waals surface area (Å²) in [4.78, 5) is 0. The Kier molecular flexibility index (Phi) is 6.56. The van der Waals surface area contributed by atoms with Crippen LogP contribution < -0.4 is 0 Å². The molecule has 22 heavy (non-hydrogen) atoms. The highest BCUT2D eigenvalue weighted by Gasteiger charge is 2.26. The number of hydrogen-bond acceptors (Lipinski definition) is 0. The summed E-state index contributed by atoms with van der Waals surface area (Å²) >= 11 is 6.67. The second-order valence-electron chi connectivity index (χ2n) is 6.50. The lowest BCUT2D eigenvalue weighted by molar-refractivity contribution is 0.792. The van der Waals surface area contributed by atoms with Crippen LogP contribution >= 0.6 is 11.6 Å². The Labute approximate surface area is 142 Å². The van der Waals surface area contributed by atoms with E-state index in [-0.39, 0.29) is 5.38 Å². The summed E-state index contributed by atoms with van der Waals surface area (Å²) in [6, 6.07) is 0. The number of allylic oxidation sites excluding steroid dienone is 1. The fourth-order valence-electron chi connectivity index (χ4n) is 3.97. The van der Waals surface area contributed by atoms with Gasteiger partial charge < -0.3 is 0 Å². The summed E-state index contributed by atoms with van der Waals surface area (Å²) in [5.74, 6) is 0. The normalized spacial score (nSPS) is 16.3. The van der Waals surface area contributed by atoms with Crippen molar-refractivity contribution in [2.24, 2.45) is 0 Å². The van der Waals surface area contributed by atoms with Gasteiger partial charge in [0.1, 0.15) is 0 Å². The van der Waals surface area contributed by atoms with Crippen LogP contribution in [-0.2, 0) is 25.7 Å². The quantitative estimate of drug-likeness (QED) is 0.462. The molecule has 1 heteroatoms. The highest BCUT2D eigenvalue weighted by atomic mass is 35.5. The Morgan fingerprint density at radius 1 is 0.727 bits per heavy atom. The summed E-state index contributed by atoms with van der Waals surface area (Å²) < 4.78 is 0. The Morgan fingerprint density at radius 2 is 1.18 bits per heavy atom. The minimum Gasteiger partial charge on any atom is -0.113 e. The van der Waals surface area contributed by atoms with Crippen LogP contribution in [0.3, 0.4) is 0 Å². The van der Waals surface area contributed by atoms with Gasteiger partial charge in [-0.3, -0.25) is 0 Å². The zero-order chi connectivity index (χ0) is 16.1. The van der Waals surface area contributed by atoms with Gasteiger partial charge >= 0.3 is 0 Å². The number of halogens is 1. The first-order chi connectivity index (χ1) is 10.7. The summed E-state index contributed by atoms with van der Waals surface area (Å²) in [5.41, 5.74) is 9.38. The predicted molar refractivity (Wildman–Crippen MR) is 100 cm³/mol. The van der Waals surface area contributed by atoms with Crippen molar-refractivity contribution in [3.05, 3.63) is 39.5 Å². The van der Waals surface area contributed by atoms with E-state index in [2.05, 4.69) is 39.8 Å². The molecule has 0 nitrogen and oxygen atoms in total. The molecule has 1 aliphatic rings. The minimum atomic E-state index is 0.0819. The van der Waals surface area contributed by atoms with E-state index >= 15 is 0 Å². The minimum absolute atomic E-state index is 0.0819. The number of alkyl halides is 1. The van der Waals surface area contributed by atoms with E-state index in [9.17, 15) is 0 Å². The van der Waals surface area contributed by atoms with Gasteiger partial charge in [-0.05, 0) is 59.1 Å². The molecule has 0 heterocycles. The smallest absolute Gasteiger partial charge is 0.0778 e. The van der Waals surface area contributed by atoms with Gasteiger partial charge in [-0.1, -0.05) is 65.5 Å². The van der Waals surface area contributed by atoms with Crippen LogP contribution in [0, 0.1) is 0 Å². The van der Waals surface area contributed by atoms with Gasteiger partial charge in [0, 0.05) is 0 Å². The van der Waals surface area contributed by atoms with Crippen LogP contribution in [0.5, 0.6) is 0 Å². The monoisotopic (exact) mass is 318 g/mol. The van der Waals surface area contributed by atoms with Crippen molar-refractivity contribution < 1.29 is 0 Å². The van der Waals surface area contributed by atoms with Crippen molar-refractivity contribution in [2.45, 2.75) is 84.4 Å². The molecule has 1 aromatic rings. The first-order valence-corrected chi connectivity index (χ1v) is 9.64. The van der Waals surface area contributed by atoms with E-state index < -0.39 is 0 Å². The Bertz CT molecular complexity index is 540. The van der Waals surface area contributed by atoms with Crippen LogP contribution in [-0.4, -0.2) is 0 Å². The van der Waals surface area contributed by atoms with Crippen molar-refractivity contribution in [1.82, 2.24) is 0 Å². The highest BCUT2D eigenvalue weighted by molar-refractivity contribution is 6.23. The molecular weight excluding hydrogens is 288 g/mol. The number of rotatable bonds is 8. The van der Waals surface area contributed by atoms with Crippen molar-refractivity contribution >= 4 is 17.7 Å². The maximum atomic E-state index is 6.67. The van der Waals surface area contributed by atoms with E-state index in [1.165, 1.54) is 62.5 Å². The lowest BCUT2D eigenvalue weighted by Crippen LogP contribution is -2.11. The average Bonchev–Trinajstić information content (AvgIpc) is 2.88. The van der Waals surface area contributed by atoms with E-state index in [1.54, 1.807) is 22.3 Å². The Morgan fingerprint density at radius 3 is 1.73 bits per heavy atom. The third-order valence-corrected chi connectivity index (χ3v) is 5.10. The molecule has 1 atom stereocenters. The van der Waals surface area contributed by atoms with Crippen LogP contribution in [0.15, 0.2) is 6.08 Å². The van der Waals surface area contributed by atoms with Crippen LogP contribution in [0.2, 0.25) is 0 Å². The molecule has 0 fully saturated rings. The van der Waals surface area contributed by atoms with Gasteiger partial charge in [0.15, 0.2) is 0 Å². The SMILES string of the molecule is CCCc1c2c(c(CCC)c(CCC)c1CCC)C(Cl)C=C2. The molecule has 0 saturated heterocycles. The molecule has 1 aromatic carbocycles. The predicted octanol–water partition coefficient (Wildman–Crippen LogP) is 6.80. The van der Waals surface area contributed by atoms with Crippen LogP contribution in [0.4, 0.5) is 0 Å². The molecule has 1 unspecified atom stereocenters. The molecular formula is C21H31Cl. The van der Waals surface area contributed by atoms with Crippen molar-refractivity contribution in [1.29, 1.82) is 0 Å². The van der Waals surface area contributed by atoms with Gasteiger partial charge in [0.05, 0.1) is 5.38 Å². The number of hydrogen-bond donors (Lipinski definition) is 0. The van der Waals surface area contributed by atoms with E-state index in [4.69, 9.17) is 11.6 Å². The van der Waals surface area contributed by atoms with Crippen LogP contribution in [0.1, 0.15) is 92.1 Å². The van der Waals surface area contributed by atoms with Crippen molar-refractivity contribution in [3.8, 4) is 0 Å². The molecule has 0 aliphatic heterocycles.